The van der Waals surface area contributed by atoms with Crippen LogP contribution < -0.4 is 0 Å². The van der Waals surface area contributed by atoms with Crippen molar-refractivity contribution in [2.75, 3.05) is 0 Å². The Morgan fingerprint density at radius 3 is 2.28 bits per heavy atom. The second-order valence-corrected chi connectivity index (χ2v) is 4.32. The maximum Gasteiger partial charge on any atom is 0.194 e. The van der Waals surface area contributed by atoms with Crippen LogP contribution >= 0.6 is 11.6 Å². The average molecular weight is 267 g/mol. The normalized spacial score (nSPS) is 10.4. The third-order valence-corrected chi connectivity index (χ3v) is 2.94. The third kappa shape index (κ3) is 2.41. The second-order valence-electron chi connectivity index (χ2n) is 3.91. The Morgan fingerprint density at radius 2 is 1.61 bits per heavy atom. The van der Waals surface area contributed by atoms with E-state index in [-0.39, 0.29) is 10.6 Å². The molecule has 4 heteroatoms. The fraction of sp³-hybridized carbons (Fsp3) is 0.0714. The lowest BCUT2D eigenvalue weighted by atomic mass is 9.99. The molecule has 0 spiro atoms. The highest BCUT2D eigenvalue weighted by atomic mass is 35.5. The Bertz CT molecular complexity index is 623. The second kappa shape index (κ2) is 4.86. The molecule has 18 heavy (non-hydrogen) atoms. The van der Waals surface area contributed by atoms with E-state index in [0.29, 0.717) is 11.1 Å². The van der Waals surface area contributed by atoms with Gasteiger partial charge >= 0.3 is 0 Å². The quantitative estimate of drug-likeness (QED) is 0.746. The summed E-state index contributed by atoms with van der Waals surface area (Å²) in [4.78, 5) is 12.2. The van der Waals surface area contributed by atoms with Gasteiger partial charge in [0, 0.05) is 11.1 Å². The molecule has 0 unspecified atom stereocenters. The van der Waals surface area contributed by atoms with Crippen molar-refractivity contribution < 1.29 is 13.6 Å². The van der Waals surface area contributed by atoms with E-state index in [1.165, 1.54) is 30.3 Å². The number of carbonyl (C=O) groups is 1. The zero-order chi connectivity index (χ0) is 13.3. The van der Waals surface area contributed by atoms with Gasteiger partial charge in [-0.3, -0.25) is 4.79 Å². The Labute approximate surface area is 108 Å². The van der Waals surface area contributed by atoms with Crippen LogP contribution in [0.25, 0.3) is 0 Å². The SMILES string of the molecule is Cc1cc(F)ccc1C(=O)c1cc(F)ccc1Cl. The smallest absolute Gasteiger partial charge is 0.194 e. The molecule has 0 aliphatic rings. The van der Waals surface area contributed by atoms with Crippen LogP contribution in [0.5, 0.6) is 0 Å². The molecule has 1 nitrogen and oxygen atoms in total. The van der Waals surface area contributed by atoms with Gasteiger partial charge < -0.3 is 0 Å². The van der Waals surface area contributed by atoms with Crippen LogP contribution in [-0.2, 0) is 0 Å². The number of rotatable bonds is 2. The summed E-state index contributed by atoms with van der Waals surface area (Å²) in [5.74, 6) is -1.38. The van der Waals surface area contributed by atoms with E-state index < -0.39 is 17.4 Å². The third-order valence-electron chi connectivity index (χ3n) is 2.61. The molecule has 0 bridgehead atoms. The first kappa shape index (κ1) is 12.7. The molecule has 92 valence electrons. The summed E-state index contributed by atoms with van der Waals surface area (Å²) in [6.45, 7) is 1.61. The van der Waals surface area contributed by atoms with Gasteiger partial charge in [0.1, 0.15) is 11.6 Å². The van der Waals surface area contributed by atoms with E-state index >= 15 is 0 Å². The Kier molecular flexibility index (Phi) is 3.43. The van der Waals surface area contributed by atoms with Crippen molar-refractivity contribution in [3.05, 3.63) is 69.7 Å². The zero-order valence-corrected chi connectivity index (χ0v) is 10.3. The van der Waals surface area contributed by atoms with Crippen LogP contribution in [0.1, 0.15) is 21.5 Å². The first-order valence-electron chi connectivity index (χ1n) is 5.25. The number of hydrogen-bond acceptors (Lipinski definition) is 1. The van der Waals surface area contributed by atoms with Gasteiger partial charge in [0.2, 0.25) is 0 Å². The molecule has 0 heterocycles. The highest BCUT2D eigenvalue weighted by molar-refractivity contribution is 6.35. The van der Waals surface area contributed by atoms with Crippen molar-refractivity contribution in [2.45, 2.75) is 6.92 Å². The van der Waals surface area contributed by atoms with Gasteiger partial charge in [-0.2, -0.15) is 0 Å². The summed E-state index contributed by atoms with van der Waals surface area (Å²) in [7, 11) is 0. The number of hydrogen-bond donors (Lipinski definition) is 0. The van der Waals surface area contributed by atoms with Gasteiger partial charge in [-0.1, -0.05) is 11.6 Å². The van der Waals surface area contributed by atoms with Gasteiger partial charge in [0.05, 0.1) is 5.02 Å². The molecular weight excluding hydrogens is 258 g/mol. The van der Waals surface area contributed by atoms with Crippen LogP contribution in [0.2, 0.25) is 5.02 Å². The lowest BCUT2D eigenvalue weighted by Gasteiger charge is -2.07. The first-order chi connectivity index (χ1) is 8.49. The van der Waals surface area contributed by atoms with Gasteiger partial charge in [-0.25, -0.2) is 8.78 Å². The molecule has 0 atom stereocenters. The van der Waals surface area contributed by atoms with Gasteiger partial charge in [-0.15, -0.1) is 0 Å². The lowest BCUT2D eigenvalue weighted by molar-refractivity contribution is 0.103. The topological polar surface area (TPSA) is 17.1 Å². The van der Waals surface area contributed by atoms with Crippen molar-refractivity contribution in [3.8, 4) is 0 Å². The van der Waals surface area contributed by atoms with Crippen molar-refractivity contribution in [3.63, 3.8) is 0 Å². The molecule has 0 saturated carbocycles. The molecule has 2 aromatic rings. The van der Waals surface area contributed by atoms with Crippen LogP contribution in [0, 0.1) is 18.6 Å². The molecule has 0 aliphatic heterocycles. The van der Waals surface area contributed by atoms with Crippen molar-refractivity contribution >= 4 is 17.4 Å². The summed E-state index contributed by atoms with van der Waals surface area (Å²) in [5.41, 5.74) is 0.871. The zero-order valence-electron chi connectivity index (χ0n) is 9.51. The number of aryl methyl sites for hydroxylation is 1. The van der Waals surface area contributed by atoms with Gasteiger partial charge in [0.15, 0.2) is 5.78 Å². The number of halogens is 3. The monoisotopic (exact) mass is 266 g/mol. The van der Waals surface area contributed by atoms with Crippen LogP contribution in [0.3, 0.4) is 0 Å². The predicted octanol–water partition coefficient (Wildman–Crippen LogP) is 4.16. The molecule has 0 aromatic heterocycles. The van der Waals surface area contributed by atoms with Crippen molar-refractivity contribution in [1.82, 2.24) is 0 Å². The van der Waals surface area contributed by atoms with Crippen molar-refractivity contribution in [1.29, 1.82) is 0 Å². The molecule has 0 aliphatic carbocycles. The molecule has 2 rings (SSSR count). The summed E-state index contributed by atoms with van der Waals surface area (Å²) < 4.78 is 26.1. The predicted molar refractivity (Wildman–Crippen MR) is 66.0 cm³/mol. The van der Waals surface area contributed by atoms with Crippen LogP contribution in [0.4, 0.5) is 8.78 Å². The minimum absolute atomic E-state index is 0.0753. The Hall–Kier alpha value is -1.74. The summed E-state index contributed by atoms with van der Waals surface area (Å²) in [6, 6.07) is 7.38. The minimum atomic E-state index is -0.539. The first-order valence-corrected chi connectivity index (χ1v) is 5.63. The van der Waals surface area contributed by atoms with Gasteiger partial charge in [0.25, 0.3) is 0 Å². The van der Waals surface area contributed by atoms with E-state index in [4.69, 9.17) is 11.6 Å². The van der Waals surface area contributed by atoms with Crippen LogP contribution in [-0.4, -0.2) is 5.78 Å². The van der Waals surface area contributed by atoms with Crippen LogP contribution in [0.15, 0.2) is 36.4 Å². The molecule has 0 fully saturated rings. The number of ketones is 1. The number of benzene rings is 2. The molecule has 0 saturated heterocycles. The lowest BCUT2D eigenvalue weighted by Crippen LogP contribution is -2.05. The van der Waals surface area contributed by atoms with E-state index in [1.807, 2.05) is 0 Å². The Morgan fingerprint density at radius 1 is 1.00 bits per heavy atom. The molecule has 2 aromatic carbocycles. The highest BCUT2D eigenvalue weighted by Gasteiger charge is 2.16. The molecule has 0 amide bonds. The van der Waals surface area contributed by atoms with Crippen molar-refractivity contribution in [2.24, 2.45) is 0 Å². The van der Waals surface area contributed by atoms with E-state index in [0.717, 1.165) is 6.07 Å². The number of carbonyl (C=O) groups excluding carboxylic acids is 1. The fourth-order valence-electron chi connectivity index (χ4n) is 1.70. The molecule has 0 radical (unpaired) electrons. The average Bonchev–Trinajstić information content (AvgIpc) is 2.31. The van der Waals surface area contributed by atoms with E-state index in [9.17, 15) is 13.6 Å². The highest BCUT2D eigenvalue weighted by Crippen LogP contribution is 2.22. The largest absolute Gasteiger partial charge is 0.289 e. The summed E-state index contributed by atoms with van der Waals surface area (Å²) >= 11 is 5.86. The maximum atomic E-state index is 13.1. The standard InChI is InChI=1S/C14H9ClF2O/c1-8-6-9(16)2-4-11(8)14(18)12-7-10(17)3-5-13(12)15/h2-7H,1H3. The molecular formula is C14H9ClF2O. The fourth-order valence-corrected chi connectivity index (χ4v) is 1.90. The summed E-state index contributed by atoms with van der Waals surface area (Å²) in [6.07, 6.45) is 0. The van der Waals surface area contributed by atoms with E-state index in [1.54, 1.807) is 6.92 Å². The summed E-state index contributed by atoms with van der Waals surface area (Å²) in [5, 5.41) is 0.171. The maximum absolute atomic E-state index is 13.1. The van der Waals surface area contributed by atoms with Gasteiger partial charge in [-0.05, 0) is 48.9 Å². The Balaban J connectivity index is 2.51. The molecule has 0 N–H and O–H groups in total. The van der Waals surface area contributed by atoms with E-state index in [2.05, 4.69) is 0 Å². The minimum Gasteiger partial charge on any atom is -0.289 e.